The van der Waals surface area contributed by atoms with Gasteiger partial charge in [0.2, 0.25) is 0 Å². The summed E-state index contributed by atoms with van der Waals surface area (Å²) >= 11 is 0. The summed E-state index contributed by atoms with van der Waals surface area (Å²) in [6, 6.07) is 24.3. The molecule has 0 unspecified atom stereocenters. The first-order valence-electron chi connectivity index (χ1n) is 11.0. The molecular weight excluding hydrogens is 398 g/mol. The van der Waals surface area contributed by atoms with Gasteiger partial charge in [0.05, 0.1) is 12.8 Å². The van der Waals surface area contributed by atoms with Crippen molar-refractivity contribution in [2.45, 2.75) is 0 Å². The standard InChI is InChI=1S/C27H27N3O2/c1-29-11-13-30(14-12-29)25-18-24(9-10-26(25)32-2)28-27(31)22-8-7-21-15-19-5-3-4-6-20(19)16-23(21)17-22/h3-10,15-18H,11-14H2,1-2H3,(H,28,31). The van der Waals surface area contributed by atoms with Crippen molar-refractivity contribution < 1.29 is 9.53 Å². The third-order valence-electron chi connectivity index (χ3n) is 6.25. The Hall–Kier alpha value is -3.57. The molecule has 162 valence electrons. The number of amides is 1. The first kappa shape index (κ1) is 20.3. The number of likely N-dealkylation sites (N-methyl/N-ethyl adjacent to an activating group) is 1. The zero-order chi connectivity index (χ0) is 22.1. The predicted octanol–water partition coefficient (Wildman–Crippen LogP) is 5.01. The van der Waals surface area contributed by atoms with E-state index in [1.807, 2.05) is 48.5 Å². The molecule has 0 radical (unpaired) electrons. The highest BCUT2D eigenvalue weighted by Gasteiger charge is 2.19. The second kappa shape index (κ2) is 8.52. The molecule has 32 heavy (non-hydrogen) atoms. The van der Waals surface area contributed by atoms with Gasteiger partial charge in [0.1, 0.15) is 5.75 Å². The summed E-state index contributed by atoms with van der Waals surface area (Å²) in [4.78, 5) is 17.7. The average molecular weight is 426 g/mol. The second-order valence-electron chi connectivity index (χ2n) is 8.39. The number of carbonyl (C=O) groups is 1. The fourth-order valence-electron chi connectivity index (χ4n) is 4.35. The van der Waals surface area contributed by atoms with E-state index in [2.05, 4.69) is 46.4 Å². The lowest BCUT2D eigenvalue weighted by Crippen LogP contribution is -2.44. The molecular formula is C27H27N3O2. The van der Waals surface area contributed by atoms with Crippen LogP contribution < -0.4 is 15.0 Å². The van der Waals surface area contributed by atoms with E-state index >= 15 is 0 Å². The van der Waals surface area contributed by atoms with Crippen LogP contribution in [0.4, 0.5) is 11.4 Å². The van der Waals surface area contributed by atoms with Gasteiger partial charge >= 0.3 is 0 Å². The summed E-state index contributed by atoms with van der Waals surface area (Å²) in [5.74, 6) is 0.708. The topological polar surface area (TPSA) is 44.8 Å². The lowest BCUT2D eigenvalue weighted by molar-refractivity contribution is 0.102. The third kappa shape index (κ3) is 3.99. The summed E-state index contributed by atoms with van der Waals surface area (Å²) in [6.07, 6.45) is 0. The number of nitrogens with one attached hydrogen (secondary N) is 1. The normalized spacial score (nSPS) is 14.6. The minimum atomic E-state index is -0.116. The fourth-order valence-corrected chi connectivity index (χ4v) is 4.35. The van der Waals surface area contributed by atoms with Gasteiger partial charge in [0.15, 0.2) is 0 Å². The number of ether oxygens (including phenoxy) is 1. The van der Waals surface area contributed by atoms with Crippen LogP contribution in [0, 0.1) is 0 Å². The van der Waals surface area contributed by atoms with Gasteiger partial charge in [0, 0.05) is 37.4 Å². The molecule has 5 nitrogen and oxygen atoms in total. The number of benzene rings is 4. The number of methoxy groups -OCH3 is 1. The largest absolute Gasteiger partial charge is 0.495 e. The van der Waals surface area contributed by atoms with Crippen LogP contribution >= 0.6 is 0 Å². The van der Waals surface area contributed by atoms with Crippen molar-refractivity contribution in [1.82, 2.24) is 4.90 Å². The zero-order valence-electron chi connectivity index (χ0n) is 18.5. The van der Waals surface area contributed by atoms with Gasteiger partial charge in [0.25, 0.3) is 5.91 Å². The summed E-state index contributed by atoms with van der Waals surface area (Å²) in [7, 11) is 3.82. The number of piperazine rings is 1. The highest BCUT2D eigenvalue weighted by molar-refractivity contribution is 6.08. The third-order valence-corrected chi connectivity index (χ3v) is 6.25. The van der Waals surface area contributed by atoms with Crippen molar-refractivity contribution in [2.75, 3.05) is 50.6 Å². The Morgan fingerprint density at radius 1 is 0.812 bits per heavy atom. The molecule has 0 aromatic heterocycles. The van der Waals surface area contributed by atoms with Crippen LogP contribution in [0.1, 0.15) is 10.4 Å². The molecule has 0 aliphatic carbocycles. The molecule has 0 atom stereocenters. The summed E-state index contributed by atoms with van der Waals surface area (Å²) in [5.41, 5.74) is 2.43. The van der Waals surface area contributed by atoms with Crippen molar-refractivity contribution in [3.8, 4) is 5.75 Å². The number of anilines is 2. The van der Waals surface area contributed by atoms with E-state index in [9.17, 15) is 4.79 Å². The molecule has 1 saturated heterocycles. The number of rotatable bonds is 4. The molecule has 5 heteroatoms. The maximum absolute atomic E-state index is 13.0. The number of hydrogen-bond donors (Lipinski definition) is 1. The highest BCUT2D eigenvalue weighted by atomic mass is 16.5. The van der Waals surface area contributed by atoms with Crippen molar-refractivity contribution in [3.63, 3.8) is 0 Å². The predicted molar refractivity (Wildman–Crippen MR) is 132 cm³/mol. The van der Waals surface area contributed by atoms with Gasteiger partial charge in [-0.1, -0.05) is 30.3 Å². The Bertz CT molecular complexity index is 1290. The van der Waals surface area contributed by atoms with Crippen LogP contribution in [0.25, 0.3) is 21.5 Å². The first-order valence-corrected chi connectivity index (χ1v) is 11.0. The monoisotopic (exact) mass is 425 g/mol. The Kier molecular flexibility index (Phi) is 5.41. The van der Waals surface area contributed by atoms with Crippen LogP contribution in [0.15, 0.2) is 72.8 Å². The molecule has 0 bridgehead atoms. The molecule has 0 spiro atoms. The Morgan fingerprint density at radius 3 is 2.22 bits per heavy atom. The van der Waals surface area contributed by atoms with E-state index in [-0.39, 0.29) is 5.91 Å². The molecule has 1 aliphatic rings. The number of nitrogens with zero attached hydrogens (tertiary/aromatic N) is 2. The van der Waals surface area contributed by atoms with Crippen LogP contribution in [-0.4, -0.2) is 51.1 Å². The summed E-state index contributed by atoms with van der Waals surface area (Å²) < 4.78 is 5.59. The smallest absolute Gasteiger partial charge is 0.255 e. The van der Waals surface area contributed by atoms with E-state index < -0.39 is 0 Å². The molecule has 1 heterocycles. The Balaban J connectivity index is 1.41. The second-order valence-corrected chi connectivity index (χ2v) is 8.39. The molecule has 4 aromatic rings. The minimum absolute atomic E-state index is 0.116. The van der Waals surface area contributed by atoms with Gasteiger partial charge in [-0.3, -0.25) is 4.79 Å². The van der Waals surface area contributed by atoms with Crippen LogP contribution in [-0.2, 0) is 0 Å². The van der Waals surface area contributed by atoms with Crippen molar-refractivity contribution in [3.05, 3.63) is 78.4 Å². The van der Waals surface area contributed by atoms with E-state index in [0.717, 1.165) is 54.1 Å². The van der Waals surface area contributed by atoms with E-state index in [4.69, 9.17) is 4.74 Å². The first-order chi connectivity index (χ1) is 15.6. The molecule has 1 amide bonds. The molecule has 0 saturated carbocycles. The molecule has 1 N–H and O–H groups in total. The highest BCUT2D eigenvalue weighted by Crippen LogP contribution is 2.32. The quantitative estimate of drug-likeness (QED) is 0.467. The Labute approximate surface area is 188 Å². The number of hydrogen-bond acceptors (Lipinski definition) is 4. The van der Waals surface area contributed by atoms with E-state index in [1.165, 1.54) is 10.8 Å². The maximum atomic E-state index is 13.0. The van der Waals surface area contributed by atoms with Crippen molar-refractivity contribution >= 4 is 38.8 Å². The van der Waals surface area contributed by atoms with Gasteiger partial charge in [-0.2, -0.15) is 0 Å². The van der Waals surface area contributed by atoms with E-state index in [0.29, 0.717) is 5.56 Å². The van der Waals surface area contributed by atoms with E-state index in [1.54, 1.807) is 7.11 Å². The summed E-state index contributed by atoms with van der Waals surface area (Å²) in [5, 5.41) is 7.63. The molecule has 4 aromatic carbocycles. The van der Waals surface area contributed by atoms with Crippen molar-refractivity contribution in [2.24, 2.45) is 0 Å². The van der Waals surface area contributed by atoms with Crippen LogP contribution in [0.2, 0.25) is 0 Å². The lowest BCUT2D eigenvalue weighted by atomic mass is 10.0. The Morgan fingerprint density at radius 2 is 1.50 bits per heavy atom. The summed E-state index contributed by atoms with van der Waals surface area (Å²) in [6.45, 7) is 3.88. The SMILES string of the molecule is COc1ccc(NC(=O)c2ccc3cc4ccccc4cc3c2)cc1N1CCN(C)CC1. The average Bonchev–Trinajstić information content (AvgIpc) is 2.82. The maximum Gasteiger partial charge on any atom is 0.255 e. The van der Waals surface area contributed by atoms with Gasteiger partial charge in [-0.15, -0.1) is 0 Å². The molecule has 1 fully saturated rings. The van der Waals surface area contributed by atoms with Crippen molar-refractivity contribution in [1.29, 1.82) is 0 Å². The number of fused-ring (bicyclic) bond motifs is 2. The van der Waals surface area contributed by atoms with Crippen LogP contribution in [0.3, 0.4) is 0 Å². The van der Waals surface area contributed by atoms with Gasteiger partial charge in [-0.25, -0.2) is 0 Å². The lowest BCUT2D eigenvalue weighted by Gasteiger charge is -2.34. The van der Waals surface area contributed by atoms with Gasteiger partial charge in [-0.05, 0) is 71.1 Å². The van der Waals surface area contributed by atoms with Gasteiger partial charge < -0.3 is 19.9 Å². The molecule has 1 aliphatic heterocycles. The minimum Gasteiger partial charge on any atom is -0.495 e. The number of carbonyl (C=O) groups excluding carboxylic acids is 1. The fraction of sp³-hybridized carbons (Fsp3) is 0.222. The zero-order valence-corrected chi connectivity index (χ0v) is 18.5. The molecule has 5 rings (SSSR count). The van der Waals surface area contributed by atoms with Crippen LogP contribution in [0.5, 0.6) is 5.75 Å².